The summed E-state index contributed by atoms with van der Waals surface area (Å²) in [4.78, 5) is 11.0. The molecule has 0 aliphatic heterocycles. The molecule has 1 heterocycles. The smallest absolute Gasteiger partial charge is 0.285 e. The molecule has 0 amide bonds. The molecule has 4 nitrogen and oxygen atoms in total. The maximum atomic E-state index is 11.0. The summed E-state index contributed by atoms with van der Waals surface area (Å²) in [6.45, 7) is 3.94. The Balaban J connectivity index is 3.10. The van der Waals surface area contributed by atoms with Crippen molar-refractivity contribution >= 4 is 5.88 Å². The van der Waals surface area contributed by atoms with Gasteiger partial charge in [-0.05, 0) is 12.3 Å². The van der Waals surface area contributed by atoms with Crippen LogP contribution in [0.5, 0.6) is 0 Å². The highest BCUT2D eigenvalue weighted by atomic mass is 16.5. The van der Waals surface area contributed by atoms with Gasteiger partial charge in [-0.2, -0.15) is 5.16 Å². The summed E-state index contributed by atoms with van der Waals surface area (Å²) < 4.78 is 4.66. The van der Waals surface area contributed by atoms with Crippen LogP contribution in [0.4, 0.5) is 5.88 Å². The molecule has 0 aliphatic carbocycles. The van der Waals surface area contributed by atoms with Crippen LogP contribution >= 0.6 is 0 Å². The number of anilines is 1. The van der Waals surface area contributed by atoms with Crippen LogP contribution in [0.3, 0.4) is 0 Å². The second kappa shape index (κ2) is 2.82. The van der Waals surface area contributed by atoms with Gasteiger partial charge in [0.2, 0.25) is 5.88 Å². The highest BCUT2D eigenvalue weighted by Crippen LogP contribution is 2.19. The van der Waals surface area contributed by atoms with Crippen LogP contribution in [-0.4, -0.2) is 5.16 Å². The SMILES string of the molecule is CC[C@H](C)c1c(N)o[nH]c1=O. The van der Waals surface area contributed by atoms with E-state index in [1.165, 1.54) is 0 Å². The van der Waals surface area contributed by atoms with Gasteiger partial charge in [0, 0.05) is 0 Å². The lowest BCUT2D eigenvalue weighted by atomic mass is 10.0. The van der Waals surface area contributed by atoms with E-state index in [4.69, 9.17) is 5.73 Å². The molecule has 0 radical (unpaired) electrons. The maximum Gasteiger partial charge on any atom is 0.285 e. The molecule has 0 saturated carbocycles. The Hall–Kier alpha value is -1.19. The molecule has 0 unspecified atom stereocenters. The topological polar surface area (TPSA) is 72.0 Å². The largest absolute Gasteiger partial charge is 0.367 e. The van der Waals surface area contributed by atoms with Crippen LogP contribution in [-0.2, 0) is 0 Å². The summed E-state index contributed by atoms with van der Waals surface area (Å²) in [5.41, 5.74) is 5.77. The number of nitrogen functional groups attached to an aromatic ring is 1. The van der Waals surface area contributed by atoms with Crippen molar-refractivity contribution in [3.05, 3.63) is 15.9 Å². The number of hydrogen-bond acceptors (Lipinski definition) is 3. The van der Waals surface area contributed by atoms with Crippen molar-refractivity contribution in [2.45, 2.75) is 26.2 Å². The molecule has 0 aliphatic rings. The van der Waals surface area contributed by atoms with Gasteiger partial charge in [0.1, 0.15) is 0 Å². The van der Waals surface area contributed by atoms with E-state index in [2.05, 4.69) is 9.68 Å². The Bertz CT molecular complexity index is 287. The lowest BCUT2D eigenvalue weighted by Crippen LogP contribution is -2.09. The van der Waals surface area contributed by atoms with Crippen molar-refractivity contribution < 1.29 is 4.52 Å². The van der Waals surface area contributed by atoms with Crippen molar-refractivity contribution in [1.82, 2.24) is 5.16 Å². The molecule has 1 aromatic rings. The average molecular weight is 156 g/mol. The van der Waals surface area contributed by atoms with Crippen LogP contribution in [0.1, 0.15) is 31.7 Å². The van der Waals surface area contributed by atoms with Gasteiger partial charge in [-0.1, -0.05) is 13.8 Å². The average Bonchev–Trinajstić information content (AvgIpc) is 2.30. The standard InChI is InChI=1S/C7H12N2O2/c1-3-4(2)5-6(8)11-9-7(5)10/h4H,3,8H2,1-2H3,(H,9,10)/t4-/m0/s1. The molecule has 1 aromatic heterocycles. The number of nitrogens with two attached hydrogens (primary N) is 1. The predicted molar refractivity (Wildman–Crippen MR) is 42.4 cm³/mol. The molecular formula is C7H12N2O2. The van der Waals surface area contributed by atoms with E-state index in [-0.39, 0.29) is 17.4 Å². The number of aromatic amines is 1. The second-order valence-corrected chi connectivity index (χ2v) is 2.62. The lowest BCUT2D eigenvalue weighted by Gasteiger charge is -2.02. The highest BCUT2D eigenvalue weighted by Gasteiger charge is 2.14. The van der Waals surface area contributed by atoms with E-state index >= 15 is 0 Å². The van der Waals surface area contributed by atoms with E-state index < -0.39 is 0 Å². The highest BCUT2D eigenvalue weighted by molar-refractivity contribution is 5.35. The van der Waals surface area contributed by atoms with E-state index in [1.807, 2.05) is 13.8 Å². The number of aromatic nitrogens is 1. The van der Waals surface area contributed by atoms with E-state index in [0.717, 1.165) is 6.42 Å². The first-order valence-corrected chi connectivity index (χ1v) is 3.63. The third kappa shape index (κ3) is 1.29. The molecule has 4 heteroatoms. The van der Waals surface area contributed by atoms with Crippen LogP contribution in [0, 0.1) is 0 Å². The molecule has 11 heavy (non-hydrogen) atoms. The number of hydrogen-bond donors (Lipinski definition) is 2. The van der Waals surface area contributed by atoms with Gasteiger partial charge in [-0.25, -0.2) is 0 Å². The Morgan fingerprint density at radius 3 is 2.73 bits per heavy atom. The minimum absolute atomic E-state index is 0.164. The Morgan fingerprint density at radius 1 is 1.73 bits per heavy atom. The fourth-order valence-electron chi connectivity index (χ4n) is 0.994. The fourth-order valence-corrected chi connectivity index (χ4v) is 0.994. The molecule has 0 saturated heterocycles. The first kappa shape index (κ1) is 7.91. The van der Waals surface area contributed by atoms with E-state index in [9.17, 15) is 4.79 Å². The lowest BCUT2D eigenvalue weighted by molar-refractivity contribution is 0.429. The van der Waals surface area contributed by atoms with Crippen LogP contribution in [0.15, 0.2) is 9.32 Å². The zero-order chi connectivity index (χ0) is 8.43. The molecule has 1 atom stereocenters. The van der Waals surface area contributed by atoms with Crippen molar-refractivity contribution in [2.75, 3.05) is 5.73 Å². The summed E-state index contributed by atoms with van der Waals surface area (Å²) in [7, 11) is 0. The van der Waals surface area contributed by atoms with Crippen molar-refractivity contribution in [3.63, 3.8) is 0 Å². The van der Waals surface area contributed by atoms with Crippen LogP contribution in [0.25, 0.3) is 0 Å². The molecule has 1 rings (SSSR count). The van der Waals surface area contributed by atoms with Crippen LogP contribution < -0.4 is 11.3 Å². The van der Waals surface area contributed by atoms with Gasteiger partial charge in [-0.3, -0.25) is 4.79 Å². The van der Waals surface area contributed by atoms with Gasteiger partial charge < -0.3 is 10.3 Å². The molecule has 0 bridgehead atoms. The minimum Gasteiger partial charge on any atom is -0.367 e. The van der Waals surface area contributed by atoms with Crippen LogP contribution in [0.2, 0.25) is 0 Å². The summed E-state index contributed by atoms with van der Waals surface area (Å²) in [5.74, 6) is 0.377. The first-order chi connectivity index (χ1) is 5.16. The first-order valence-electron chi connectivity index (χ1n) is 3.63. The minimum atomic E-state index is -0.211. The normalized spacial score (nSPS) is 13.3. The second-order valence-electron chi connectivity index (χ2n) is 2.62. The van der Waals surface area contributed by atoms with Crippen molar-refractivity contribution in [1.29, 1.82) is 0 Å². The summed E-state index contributed by atoms with van der Waals surface area (Å²) >= 11 is 0. The summed E-state index contributed by atoms with van der Waals surface area (Å²) in [5, 5.41) is 2.20. The summed E-state index contributed by atoms with van der Waals surface area (Å²) in [6, 6.07) is 0. The molecule has 0 fully saturated rings. The zero-order valence-corrected chi connectivity index (χ0v) is 6.68. The maximum absolute atomic E-state index is 11.0. The number of rotatable bonds is 2. The molecule has 0 spiro atoms. The Labute approximate surface area is 64.4 Å². The Morgan fingerprint density at radius 2 is 2.36 bits per heavy atom. The predicted octanol–water partition coefficient (Wildman–Crippen LogP) is 1.06. The third-order valence-corrected chi connectivity index (χ3v) is 1.87. The fraction of sp³-hybridized carbons (Fsp3) is 0.571. The van der Waals surface area contributed by atoms with E-state index in [1.54, 1.807) is 0 Å². The van der Waals surface area contributed by atoms with E-state index in [0.29, 0.717) is 5.56 Å². The number of H-pyrrole nitrogens is 1. The molecule has 62 valence electrons. The quantitative estimate of drug-likeness (QED) is 0.672. The number of nitrogens with one attached hydrogen (secondary N) is 1. The van der Waals surface area contributed by atoms with Crippen molar-refractivity contribution in [3.8, 4) is 0 Å². The van der Waals surface area contributed by atoms with Gasteiger partial charge in [0.05, 0.1) is 5.56 Å². The van der Waals surface area contributed by atoms with Gasteiger partial charge in [0.15, 0.2) is 0 Å². The molecule has 0 aromatic carbocycles. The zero-order valence-electron chi connectivity index (χ0n) is 6.68. The third-order valence-electron chi connectivity index (χ3n) is 1.87. The molecule has 3 N–H and O–H groups in total. The van der Waals surface area contributed by atoms with Gasteiger partial charge in [0.25, 0.3) is 5.56 Å². The Kier molecular flexibility index (Phi) is 2.03. The summed E-state index contributed by atoms with van der Waals surface area (Å²) in [6.07, 6.45) is 0.882. The van der Waals surface area contributed by atoms with Gasteiger partial charge in [-0.15, -0.1) is 0 Å². The molecular weight excluding hydrogens is 144 g/mol. The monoisotopic (exact) mass is 156 g/mol. The van der Waals surface area contributed by atoms with Crippen molar-refractivity contribution in [2.24, 2.45) is 0 Å². The van der Waals surface area contributed by atoms with Gasteiger partial charge >= 0.3 is 0 Å².